The monoisotopic (exact) mass is 247 g/mol. The molecule has 17 heavy (non-hydrogen) atoms. The molecule has 2 nitrogen and oxygen atoms in total. The predicted octanol–water partition coefficient (Wildman–Crippen LogP) is 3.39. The SMILES string of the molecule is COc1ccccc1C(N)CCc1cccs1. The molecule has 90 valence electrons. The summed E-state index contributed by atoms with van der Waals surface area (Å²) in [5, 5.41) is 2.10. The Labute approximate surface area is 106 Å². The van der Waals surface area contributed by atoms with Gasteiger partial charge in [-0.15, -0.1) is 11.3 Å². The molecule has 0 saturated heterocycles. The van der Waals surface area contributed by atoms with Gasteiger partial charge in [0.05, 0.1) is 7.11 Å². The van der Waals surface area contributed by atoms with Gasteiger partial charge in [-0.3, -0.25) is 0 Å². The first kappa shape index (κ1) is 12.1. The largest absolute Gasteiger partial charge is 0.496 e. The molecule has 0 saturated carbocycles. The number of hydrogen-bond acceptors (Lipinski definition) is 3. The van der Waals surface area contributed by atoms with E-state index >= 15 is 0 Å². The number of para-hydroxylation sites is 1. The minimum atomic E-state index is 0.0354. The fraction of sp³-hybridized carbons (Fsp3) is 0.286. The first-order chi connectivity index (χ1) is 8.31. The van der Waals surface area contributed by atoms with E-state index < -0.39 is 0 Å². The Kier molecular flexibility index (Phi) is 4.18. The first-order valence-electron chi connectivity index (χ1n) is 5.72. The van der Waals surface area contributed by atoms with E-state index in [1.807, 2.05) is 24.3 Å². The van der Waals surface area contributed by atoms with E-state index in [1.165, 1.54) is 4.88 Å². The number of aryl methyl sites for hydroxylation is 1. The van der Waals surface area contributed by atoms with E-state index in [1.54, 1.807) is 18.4 Å². The summed E-state index contributed by atoms with van der Waals surface area (Å²) in [6, 6.07) is 12.2. The van der Waals surface area contributed by atoms with Gasteiger partial charge in [-0.2, -0.15) is 0 Å². The summed E-state index contributed by atoms with van der Waals surface area (Å²) < 4.78 is 5.33. The molecular formula is C14H17NOS. The Hall–Kier alpha value is -1.32. The maximum Gasteiger partial charge on any atom is 0.123 e. The predicted molar refractivity (Wildman–Crippen MR) is 72.6 cm³/mol. The minimum Gasteiger partial charge on any atom is -0.496 e. The Bertz CT molecular complexity index is 453. The van der Waals surface area contributed by atoms with E-state index in [-0.39, 0.29) is 6.04 Å². The van der Waals surface area contributed by atoms with Crippen molar-refractivity contribution in [1.29, 1.82) is 0 Å². The highest BCUT2D eigenvalue weighted by atomic mass is 32.1. The lowest BCUT2D eigenvalue weighted by Gasteiger charge is -2.15. The van der Waals surface area contributed by atoms with Crippen LogP contribution in [0.2, 0.25) is 0 Å². The first-order valence-corrected chi connectivity index (χ1v) is 6.60. The molecule has 0 amide bonds. The fourth-order valence-corrected chi connectivity index (χ4v) is 2.61. The van der Waals surface area contributed by atoms with Crippen LogP contribution in [-0.2, 0) is 6.42 Å². The van der Waals surface area contributed by atoms with Crippen molar-refractivity contribution < 1.29 is 4.74 Å². The maximum absolute atomic E-state index is 6.21. The quantitative estimate of drug-likeness (QED) is 0.879. The van der Waals surface area contributed by atoms with E-state index in [2.05, 4.69) is 17.5 Å². The number of hydrogen-bond donors (Lipinski definition) is 1. The van der Waals surface area contributed by atoms with Crippen molar-refractivity contribution in [3.8, 4) is 5.75 Å². The molecule has 3 heteroatoms. The second-order valence-electron chi connectivity index (χ2n) is 3.97. The zero-order valence-corrected chi connectivity index (χ0v) is 10.7. The molecule has 1 unspecified atom stereocenters. The maximum atomic E-state index is 6.21. The van der Waals surface area contributed by atoms with Crippen LogP contribution in [0.25, 0.3) is 0 Å². The van der Waals surface area contributed by atoms with Crippen LogP contribution in [0.5, 0.6) is 5.75 Å². The summed E-state index contributed by atoms with van der Waals surface area (Å²) in [5.41, 5.74) is 7.30. The molecule has 1 heterocycles. The zero-order valence-electron chi connectivity index (χ0n) is 9.93. The smallest absolute Gasteiger partial charge is 0.123 e. The van der Waals surface area contributed by atoms with Crippen LogP contribution in [0.1, 0.15) is 22.9 Å². The molecule has 0 aliphatic rings. The molecule has 0 aliphatic carbocycles. The van der Waals surface area contributed by atoms with Crippen molar-refractivity contribution in [2.24, 2.45) is 5.73 Å². The van der Waals surface area contributed by atoms with Gasteiger partial charge in [-0.25, -0.2) is 0 Å². The number of benzene rings is 1. The molecule has 0 spiro atoms. The standard InChI is InChI=1S/C14H17NOS/c1-16-14-7-3-2-6-12(14)13(15)9-8-11-5-4-10-17-11/h2-7,10,13H,8-9,15H2,1H3. The topological polar surface area (TPSA) is 35.2 Å². The molecule has 1 aromatic carbocycles. The Morgan fingerprint density at radius 3 is 2.76 bits per heavy atom. The molecule has 2 aromatic rings. The van der Waals surface area contributed by atoms with Crippen molar-refractivity contribution >= 4 is 11.3 Å². The van der Waals surface area contributed by atoms with Gasteiger partial charge in [0, 0.05) is 16.5 Å². The normalized spacial score (nSPS) is 12.4. The molecule has 0 aliphatic heterocycles. The number of nitrogens with two attached hydrogens (primary N) is 1. The van der Waals surface area contributed by atoms with E-state index in [9.17, 15) is 0 Å². The highest BCUT2D eigenvalue weighted by Gasteiger charge is 2.11. The third-order valence-electron chi connectivity index (χ3n) is 2.82. The van der Waals surface area contributed by atoms with Crippen LogP contribution in [0.4, 0.5) is 0 Å². The zero-order chi connectivity index (χ0) is 12.1. The average molecular weight is 247 g/mol. The van der Waals surface area contributed by atoms with Crippen molar-refractivity contribution in [3.05, 3.63) is 52.2 Å². The highest BCUT2D eigenvalue weighted by Crippen LogP contribution is 2.26. The van der Waals surface area contributed by atoms with Gasteiger partial charge in [0.15, 0.2) is 0 Å². The number of ether oxygens (including phenoxy) is 1. The second kappa shape index (κ2) is 5.84. The van der Waals surface area contributed by atoms with Gasteiger partial charge >= 0.3 is 0 Å². The van der Waals surface area contributed by atoms with E-state index in [4.69, 9.17) is 10.5 Å². The molecule has 1 atom stereocenters. The molecule has 0 fully saturated rings. The van der Waals surface area contributed by atoms with E-state index in [0.29, 0.717) is 0 Å². The lowest BCUT2D eigenvalue weighted by atomic mass is 10.0. The van der Waals surface area contributed by atoms with Crippen molar-refractivity contribution in [1.82, 2.24) is 0 Å². The second-order valence-corrected chi connectivity index (χ2v) is 5.00. The Morgan fingerprint density at radius 1 is 1.24 bits per heavy atom. The highest BCUT2D eigenvalue weighted by molar-refractivity contribution is 7.09. The van der Waals surface area contributed by atoms with Crippen LogP contribution < -0.4 is 10.5 Å². The van der Waals surface area contributed by atoms with Gasteiger partial charge < -0.3 is 10.5 Å². The number of thiophene rings is 1. The minimum absolute atomic E-state index is 0.0354. The summed E-state index contributed by atoms with van der Waals surface area (Å²) in [5.74, 6) is 0.881. The van der Waals surface area contributed by atoms with Crippen molar-refractivity contribution in [2.75, 3.05) is 7.11 Å². The number of methoxy groups -OCH3 is 1. The van der Waals surface area contributed by atoms with Gasteiger partial charge in [0.2, 0.25) is 0 Å². The van der Waals surface area contributed by atoms with Gasteiger partial charge in [0.25, 0.3) is 0 Å². The van der Waals surface area contributed by atoms with Crippen LogP contribution >= 0.6 is 11.3 Å². The average Bonchev–Trinajstić information content (AvgIpc) is 2.89. The summed E-state index contributed by atoms with van der Waals surface area (Å²) in [6.07, 6.45) is 1.97. The van der Waals surface area contributed by atoms with E-state index in [0.717, 1.165) is 24.2 Å². The Balaban J connectivity index is 2.01. The lowest BCUT2D eigenvalue weighted by Crippen LogP contribution is -2.12. The van der Waals surface area contributed by atoms with Gasteiger partial charge in [0.1, 0.15) is 5.75 Å². The van der Waals surface area contributed by atoms with Crippen LogP contribution in [-0.4, -0.2) is 7.11 Å². The summed E-state index contributed by atoms with van der Waals surface area (Å²) in [4.78, 5) is 1.38. The van der Waals surface area contributed by atoms with Crippen LogP contribution in [0, 0.1) is 0 Å². The van der Waals surface area contributed by atoms with Crippen molar-refractivity contribution in [3.63, 3.8) is 0 Å². The molecular weight excluding hydrogens is 230 g/mol. The lowest BCUT2D eigenvalue weighted by molar-refractivity contribution is 0.404. The third kappa shape index (κ3) is 3.08. The molecule has 1 aromatic heterocycles. The Morgan fingerprint density at radius 2 is 2.06 bits per heavy atom. The molecule has 0 bridgehead atoms. The van der Waals surface area contributed by atoms with Gasteiger partial charge in [-0.1, -0.05) is 24.3 Å². The summed E-state index contributed by atoms with van der Waals surface area (Å²) in [7, 11) is 1.69. The molecule has 0 radical (unpaired) electrons. The van der Waals surface area contributed by atoms with Crippen LogP contribution in [0.3, 0.4) is 0 Å². The summed E-state index contributed by atoms with van der Waals surface area (Å²) in [6.45, 7) is 0. The van der Waals surface area contributed by atoms with Crippen molar-refractivity contribution in [2.45, 2.75) is 18.9 Å². The number of rotatable bonds is 5. The molecule has 2 rings (SSSR count). The fourth-order valence-electron chi connectivity index (χ4n) is 1.88. The van der Waals surface area contributed by atoms with Crippen LogP contribution in [0.15, 0.2) is 41.8 Å². The third-order valence-corrected chi connectivity index (χ3v) is 3.76. The summed E-state index contributed by atoms with van der Waals surface area (Å²) >= 11 is 1.78. The van der Waals surface area contributed by atoms with Gasteiger partial charge in [-0.05, 0) is 30.4 Å². The molecule has 2 N–H and O–H groups in total.